The monoisotopic (exact) mass is 504 g/mol. The van der Waals surface area contributed by atoms with E-state index in [2.05, 4.69) is 39.3 Å². The Bertz CT molecular complexity index is 614. The SMILES string of the molecule is CN=C(NCC(C1CCCCC1)N(C)C)N1CCOC(c2cnn(C)c2)C1.I. The van der Waals surface area contributed by atoms with E-state index < -0.39 is 0 Å². The third kappa shape index (κ3) is 6.06. The number of aryl methyl sites for hydroxylation is 1. The Morgan fingerprint density at radius 3 is 2.71 bits per heavy atom. The summed E-state index contributed by atoms with van der Waals surface area (Å²) in [6.07, 6.45) is 10.8. The Morgan fingerprint density at radius 1 is 1.36 bits per heavy atom. The summed E-state index contributed by atoms with van der Waals surface area (Å²) in [6, 6.07) is 0.553. The lowest BCUT2D eigenvalue weighted by molar-refractivity contribution is -0.00818. The second kappa shape index (κ2) is 11.3. The molecule has 2 aliphatic rings. The molecule has 1 aliphatic heterocycles. The average Bonchev–Trinajstić information content (AvgIpc) is 3.12. The minimum Gasteiger partial charge on any atom is -0.370 e. The molecule has 1 aliphatic carbocycles. The first-order valence-electron chi connectivity index (χ1n) is 10.3. The van der Waals surface area contributed by atoms with Gasteiger partial charge in [-0.1, -0.05) is 19.3 Å². The number of rotatable bonds is 5. The molecule has 0 bridgehead atoms. The molecule has 2 heterocycles. The van der Waals surface area contributed by atoms with Crippen molar-refractivity contribution in [2.75, 3.05) is 47.4 Å². The Kier molecular flexibility index (Phi) is 9.49. The number of morpholine rings is 1. The second-order valence-electron chi connectivity index (χ2n) is 8.11. The first kappa shape index (κ1) is 23.4. The zero-order valence-corrected chi connectivity index (χ0v) is 20.1. The summed E-state index contributed by atoms with van der Waals surface area (Å²) in [5.41, 5.74) is 1.13. The number of guanidine groups is 1. The van der Waals surface area contributed by atoms with Crippen molar-refractivity contribution in [3.8, 4) is 0 Å². The lowest BCUT2D eigenvalue weighted by atomic mass is 9.83. The summed E-state index contributed by atoms with van der Waals surface area (Å²) in [5, 5.41) is 7.93. The molecule has 1 saturated carbocycles. The summed E-state index contributed by atoms with van der Waals surface area (Å²) in [6.45, 7) is 3.33. The number of nitrogens with zero attached hydrogens (tertiary/aromatic N) is 5. The molecule has 1 N–H and O–H groups in total. The zero-order valence-electron chi connectivity index (χ0n) is 17.8. The van der Waals surface area contributed by atoms with Gasteiger partial charge in [0.05, 0.1) is 19.3 Å². The number of halogens is 1. The largest absolute Gasteiger partial charge is 0.370 e. The third-order valence-corrected chi connectivity index (χ3v) is 6.00. The van der Waals surface area contributed by atoms with Crippen molar-refractivity contribution in [2.45, 2.75) is 44.2 Å². The summed E-state index contributed by atoms with van der Waals surface area (Å²) in [5.74, 6) is 1.77. The lowest BCUT2D eigenvalue weighted by Gasteiger charge is -2.38. The van der Waals surface area contributed by atoms with Gasteiger partial charge in [0.15, 0.2) is 5.96 Å². The van der Waals surface area contributed by atoms with Crippen molar-refractivity contribution in [3.05, 3.63) is 18.0 Å². The molecule has 8 heteroatoms. The minimum absolute atomic E-state index is 0. The third-order valence-electron chi connectivity index (χ3n) is 6.00. The Balaban J connectivity index is 0.00000280. The van der Waals surface area contributed by atoms with Crippen LogP contribution in [0.4, 0.5) is 0 Å². The molecular weight excluding hydrogens is 467 g/mol. The average molecular weight is 504 g/mol. The normalized spacial score (nSPS) is 22.8. The maximum absolute atomic E-state index is 5.98. The van der Waals surface area contributed by atoms with E-state index in [4.69, 9.17) is 4.74 Å². The molecule has 7 nitrogen and oxygen atoms in total. The standard InChI is InChI=1S/C20H36N6O.HI/c1-21-20(22-13-18(24(2)3)16-8-6-5-7-9-16)26-10-11-27-19(15-26)17-12-23-25(4)14-17;/h12,14,16,18-19H,5-11,13,15H2,1-4H3,(H,21,22);1H. The fourth-order valence-electron chi connectivity index (χ4n) is 4.47. The van der Waals surface area contributed by atoms with Crippen molar-refractivity contribution >= 4 is 29.9 Å². The van der Waals surface area contributed by atoms with Crippen LogP contribution in [0.5, 0.6) is 0 Å². The summed E-state index contributed by atoms with van der Waals surface area (Å²) < 4.78 is 7.81. The van der Waals surface area contributed by atoms with Crippen molar-refractivity contribution in [3.63, 3.8) is 0 Å². The van der Waals surface area contributed by atoms with Crippen LogP contribution in [0.2, 0.25) is 0 Å². The molecule has 1 saturated heterocycles. The van der Waals surface area contributed by atoms with E-state index in [0.29, 0.717) is 12.6 Å². The van der Waals surface area contributed by atoms with Gasteiger partial charge in [-0.25, -0.2) is 0 Å². The summed E-state index contributed by atoms with van der Waals surface area (Å²) >= 11 is 0. The molecule has 1 aromatic rings. The van der Waals surface area contributed by atoms with Gasteiger partial charge in [0.2, 0.25) is 0 Å². The summed E-state index contributed by atoms with van der Waals surface area (Å²) in [7, 11) is 8.23. The number of hydrogen-bond acceptors (Lipinski definition) is 4. The van der Waals surface area contributed by atoms with E-state index in [-0.39, 0.29) is 30.1 Å². The van der Waals surface area contributed by atoms with Gasteiger partial charge in [-0.15, -0.1) is 24.0 Å². The number of hydrogen-bond donors (Lipinski definition) is 1. The van der Waals surface area contributed by atoms with Gasteiger partial charge >= 0.3 is 0 Å². The van der Waals surface area contributed by atoms with Crippen LogP contribution in [0, 0.1) is 5.92 Å². The van der Waals surface area contributed by atoms with Crippen molar-refractivity contribution in [1.82, 2.24) is 24.9 Å². The van der Waals surface area contributed by atoms with Crippen LogP contribution in [-0.2, 0) is 11.8 Å². The van der Waals surface area contributed by atoms with E-state index >= 15 is 0 Å². The highest BCUT2D eigenvalue weighted by Gasteiger charge is 2.28. The summed E-state index contributed by atoms with van der Waals surface area (Å²) in [4.78, 5) is 9.26. The molecule has 28 heavy (non-hydrogen) atoms. The van der Waals surface area contributed by atoms with E-state index in [9.17, 15) is 0 Å². The number of likely N-dealkylation sites (N-methyl/N-ethyl adjacent to an activating group) is 1. The number of aromatic nitrogens is 2. The van der Waals surface area contributed by atoms with E-state index in [1.165, 1.54) is 32.1 Å². The van der Waals surface area contributed by atoms with E-state index in [1.807, 2.05) is 31.2 Å². The Hall–Kier alpha value is -0.870. The lowest BCUT2D eigenvalue weighted by Crippen LogP contribution is -2.52. The predicted octanol–water partition coefficient (Wildman–Crippen LogP) is 2.50. The fraction of sp³-hybridized carbons (Fsp3) is 0.800. The second-order valence-corrected chi connectivity index (χ2v) is 8.11. The van der Waals surface area contributed by atoms with Crippen LogP contribution in [0.15, 0.2) is 17.4 Å². The molecule has 0 spiro atoms. The van der Waals surface area contributed by atoms with Gasteiger partial charge in [0, 0.05) is 45.0 Å². The molecule has 2 unspecified atom stereocenters. The molecule has 3 rings (SSSR count). The van der Waals surface area contributed by atoms with Gasteiger partial charge in [-0.05, 0) is 32.9 Å². The quantitative estimate of drug-likeness (QED) is 0.380. The first-order chi connectivity index (χ1) is 13.1. The molecule has 0 radical (unpaired) electrons. The van der Waals surface area contributed by atoms with Gasteiger partial charge < -0.3 is 19.9 Å². The smallest absolute Gasteiger partial charge is 0.193 e. The molecule has 160 valence electrons. The Labute approximate surface area is 186 Å². The predicted molar refractivity (Wildman–Crippen MR) is 124 cm³/mol. The van der Waals surface area contributed by atoms with Crippen LogP contribution in [0.1, 0.15) is 43.8 Å². The number of ether oxygens (including phenoxy) is 1. The van der Waals surface area contributed by atoms with Crippen LogP contribution in [0.25, 0.3) is 0 Å². The molecule has 1 aromatic heterocycles. The van der Waals surface area contributed by atoms with Crippen molar-refractivity contribution in [1.29, 1.82) is 0 Å². The van der Waals surface area contributed by atoms with Crippen molar-refractivity contribution in [2.24, 2.45) is 18.0 Å². The van der Waals surface area contributed by atoms with Gasteiger partial charge in [-0.3, -0.25) is 9.67 Å². The topological polar surface area (TPSA) is 57.9 Å². The molecule has 0 aromatic carbocycles. The van der Waals surface area contributed by atoms with Gasteiger partial charge in [0.25, 0.3) is 0 Å². The zero-order chi connectivity index (χ0) is 19.2. The van der Waals surface area contributed by atoms with Gasteiger partial charge in [-0.2, -0.15) is 5.10 Å². The fourth-order valence-corrected chi connectivity index (χ4v) is 4.47. The highest BCUT2D eigenvalue weighted by atomic mass is 127. The van der Waals surface area contributed by atoms with Crippen molar-refractivity contribution < 1.29 is 4.74 Å². The van der Waals surface area contributed by atoms with Gasteiger partial charge in [0.1, 0.15) is 6.10 Å². The molecule has 2 atom stereocenters. The van der Waals surface area contributed by atoms with Crippen LogP contribution < -0.4 is 5.32 Å². The number of nitrogens with one attached hydrogen (secondary N) is 1. The van der Waals surface area contributed by atoms with Crippen LogP contribution in [-0.4, -0.2) is 79.0 Å². The number of aliphatic imine (C=N–C) groups is 1. The highest BCUT2D eigenvalue weighted by Crippen LogP contribution is 2.28. The molecule has 0 amide bonds. The van der Waals surface area contributed by atoms with E-state index in [1.54, 1.807) is 0 Å². The molecular formula is C20H37IN6O. The van der Waals surface area contributed by atoms with Crippen LogP contribution in [0.3, 0.4) is 0 Å². The Morgan fingerprint density at radius 2 is 2.11 bits per heavy atom. The van der Waals surface area contributed by atoms with Crippen LogP contribution >= 0.6 is 24.0 Å². The maximum atomic E-state index is 5.98. The first-order valence-corrected chi connectivity index (χ1v) is 10.3. The maximum Gasteiger partial charge on any atom is 0.193 e. The minimum atomic E-state index is 0. The molecule has 2 fully saturated rings. The highest BCUT2D eigenvalue weighted by molar-refractivity contribution is 14.0. The van der Waals surface area contributed by atoms with E-state index in [0.717, 1.165) is 37.1 Å².